The second-order valence-corrected chi connectivity index (χ2v) is 7.28. The summed E-state index contributed by atoms with van der Waals surface area (Å²) in [4.78, 5) is 5.10. The third kappa shape index (κ3) is 6.45. The number of nitrogens with zero attached hydrogens (tertiary/aromatic N) is 2. The van der Waals surface area contributed by atoms with Gasteiger partial charge in [-0.15, -0.1) is 0 Å². The lowest BCUT2D eigenvalue weighted by Gasteiger charge is -2.33. The van der Waals surface area contributed by atoms with E-state index in [1.54, 1.807) is 0 Å². The molecule has 3 rings (SSSR count). The molecule has 2 saturated heterocycles. The standard InChI is InChI=1S/C21H34N2O3/c1-2-25-20-3-5-21(6-4-20)26-18-15-22-10-7-19(8-11-22)9-12-23-13-16-24-17-14-23/h3-6,19H,2,7-18H2,1H3. The van der Waals surface area contributed by atoms with E-state index < -0.39 is 0 Å². The van der Waals surface area contributed by atoms with E-state index in [0.29, 0.717) is 6.61 Å². The van der Waals surface area contributed by atoms with Crippen molar-refractivity contribution >= 4 is 0 Å². The summed E-state index contributed by atoms with van der Waals surface area (Å²) in [7, 11) is 0. The van der Waals surface area contributed by atoms with Gasteiger partial charge in [0.1, 0.15) is 18.1 Å². The number of hydrogen-bond acceptors (Lipinski definition) is 5. The molecule has 0 aromatic heterocycles. The summed E-state index contributed by atoms with van der Waals surface area (Å²) in [6.07, 6.45) is 4.00. The van der Waals surface area contributed by atoms with Crippen molar-refractivity contribution in [3.8, 4) is 11.5 Å². The van der Waals surface area contributed by atoms with Crippen LogP contribution in [0.15, 0.2) is 24.3 Å². The number of piperidine rings is 1. The van der Waals surface area contributed by atoms with E-state index >= 15 is 0 Å². The fraction of sp³-hybridized carbons (Fsp3) is 0.714. The Morgan fingerprint density at radius 2 is 1.50 bits per heavy atom. The summed E-state index contributed by atoms with van der Waals surface area (Å²) >= 11 is 0. The summed E-state index contributed by atoms with van der Waals surface area (Å²) in [5, 5.41) is 0. The van der Waals surface area contributed by atoms with Crippen molar-refractivity contribution in [2.45, 2.75) is 26.2 Å². The van der Waals surface area contributed by atoms with Crippen molar-refractivity contribution in [1.82, 2.24) is 9.80 Å². The van der Waals surface area contributed by atoms with Crippen molar-refractivity contribution in [3.05, 3.63) is 24.3 Å². The van der Waals surface area contributed by atoms with Gasteiger partial charge < -0.3 is 14.2 Å². The van der Waals surface area contributed by atoms with E-state index in [0.717, 1.165) is 56.9 Å². The monoisotopic (exact) mass is 362 g/mol. The van der Waals surface area contributed by atoms with Gasteiger partial charge in [0.05, 0.1) is 19.8 Å². The highest BCUT2D eigenvalue weighted by atomic mass is 16.5. The predicted molar refractivity (Wildman–Crippen MR) is 104 cm³/mol. The van der Waals surface area contributed by atoms with Crippen LogP contribution in [0.3, 0.4) is 0 Å². The average Bonchev–Trinajstić information content (AvgIpc) is 2.70. The minimum Gasteiger partial charge on any atom is -0.494 e. The zero-order chi connectivity index (χ0) is 18.0. The Hall–Kier alpha value is -1.30. The molecule has 1 aromatic rings. The number of rotatable bonds is 9. The minimum atomic E-state index is 0.697. The lowest BCUT2D eigenvalue weighted by Crippen LogP contribution is -2.39. The third-order valence-corrected chi connectivity index (χ3v) is 5.48. The van der Waals surface area contributed by atoms with Gasteiger partial charge in [0.15, 0.2) is 0 Å². The fourth-order valence-corrected chi connectivity index (χ4v) is 3.78. The van der Waals surface area contributed by atoms with Crippen LogP contribution in [-0.2, 0) is 4.74 Å². The highest BCUT2D eigenvalue weighted by Gasteiger charge is 2.20. The summed E-state index contributed by atoms with van der Waals surface area (Å²) in [6, 6.07) is 7.92. The molecule has 0 N–H and O–H groups in total. The normalized spacial score (nSPS) is 20.2. The number of morpholine rings is 1. The Balaban J connectivity index is 1.26. The second kappa shape index (κ2) is 10.8. The lowest BCUT2D eigenvalue weighted by atomic mass is 9.93. The summed E-state index contributed by atoms with van der Waals surface area (Å²) in [5.41, 5.74) is 0. The highest BCUT2D eigenvalue weighted by Crippen LogP contribution is 2.21. The Morgan fingerprint density at radius 3 is 2.15 bits per heavy atom. The molecule has 146 valence electrons. The highest BCUT2D eigenvalue weighted by molar-refractivity contribution is 5.31. The summed E-state index contributed by atoms with van der Waals surface area (Å²) in [6.45, 7) is 12.2. The molecule has 26 heavy (non-hydrogen) atoms. The van der Waals surface area contributed by atoms with Crippen molar-refractivity contribution in [2.75, 3.05) is 65.7 Å². The van der Waals surface area contributed by atoms with Crippen LogP contribution in [0.2, 0.25) is 0 Å². The molecule has 0 bridgehead atoms. The first-order valence-electron chi connectivity index (χ1n) is 10.2. The van der Waals surface area contributed by atoms with Crippen LogP contribution in [0, 0.1) is 5.92 Å². The van der Waals surface area contributed by atoms with Crippen LogP contribution in [0.25, 0.3) is 0 Å². The van der Waals surface area contributed by atoms with E-state index in [-0.39, 0.29) is 0 Å². The zero-order valence-electron chi connectivity index (χ0n) is 16.2. The molecule has 5 nitrogen and oxygen atoms in total. The topological polar surface area (TPSA) is 34.2 Å². The maximum absolute atomic E-state index is 5.88. The zero-order valence-corrected chi connectivity index (χ0v) is 16.2. The molecule has 0 unspecified atom stereocenters. The first kappa shape index (κ1) is 19.5. The van der Waals surface area contributed by atoms with E-state index in [9.17, 15) is 0 Å². The molecule has 0 amide bonds. The Morgan fingerprint density at radius 1 is 0.885 bits per heavy atom. The van der Waals surface area contributed by atoms with E-state index in [1.165, 1.54) is 38.9 Å². The van der Waals surface area contributed by atoms with Gasteiger partial charge >= 0.3 is 0 Å². The molecule has 0 atom stereocenters. The first-order chi connectivity index (χ1) is 12.8. The number of ether oxygens (including phenoxy) is 3. The van der Waals surface area contributed by atoms with Crippen LogP contribution in [0.4, 0.5) is 0 Å². The average molecular weight is 363 g/mol. The van der Waals surface area contributed by atoms with Crippen LogP contribution < -0.4 is 9.47 Å². The summed E-state index contributed by atoms with van der Waals surface area (Å²) < 4.78 is 16.8. The van der Waals surface area contributed by atoms with Gasteiger partial charge in [-0.3, -0.25) is 9.80 Å². The maximum Gasteiger partial charge on any atom is 0.119 e. The van der Waals surface area contributed by atoms with Gasteiger partial charge in [-0.1, -0.05) is 0 Å². The van der Waals surface area contributed by atoms with E-state index in [1.807, 2.05) is 31.2 Å². The van der Waals surface area contributed by atoms with E-state index in [2.05, 4.69) is 9.80 Å². The molecule has 2 aliphatic heterocycles. The summed E-state index contributed by atoms with van der Waals surface area (Å²) in [5.74, 6) is 2.72. The molecule has 0 radical (unpaired) electrons. The van der Waals surface area contributed by atoms with Gasteiger partial charge in [0, 0.05) is 19.6 Å². The van der Waals surface area contributed by atoms with Crippen molar-refractivity contribution in [1.29, 1.82) is 0 Å². The smallest absolute Gasteiger partial charge is 0.119 e. The van der Waals surface area contributed by atoms with Crippen LogP contribution in [0.5, 0.6) is 11.5 Å². The molecule has 5 heteroatoms. The molecule has 2 heterocycles. The second-order valence-electron chi connectivity index (χ2n) is 7.28. The largest absolute Gasteiger partial charge is 0.494 e. The molecule has 2 fully saturated rings. The maximum atomic E-state index is 5.88. The number of likely N-dealkylation sites (tertiary alicyclic amines) is 1. The molecule has 2 aliphatic rings. The van der Waals surface area contributed by atoms with Crippen LogP contribution >= 0.6 is 0 Å². The van der Waals surface area contributed by atoms with Crippen LogP contribution in [-0.4, -0.2) is 75.5 Å². The molecular formula is C21H34N2O3. The number of hydrogen-bond donors (Lipinski definition) is 0. The van der Waals surface area contributed by atoms with Crippen molar-refractivity contribution in [3.63, 3.8) is 0 Å². The fourth-order valence-electron chi connectivity index (χ4n) is 3.78. The molecule has 0 aliphatic carbocycles. The van der Waals surface area contributed by atoms with Crippen LogP contribution in [0.1, 0.15) is 26.2 Å². The van der Waals surface area contributed by atoms with Gasteiger partial charge in [-0.25, -0.2) is 0 Å². The van der Waals surface area contributed by atoms with Crippen molar-refractivity contribution in [2.24, 2.45) is 5.92 Å². The molecule has 0 spiro atoms. The Labute approximate surface area is 158 Å². The molecule has 1 aromatic carbocycles. The van der Waals surface area contributed by atoms with Gasteiger partial charge in [0.2, 0.25) is 0 Å². The van der Waals surface area contributed by atoms with Gasteiger partial charge in [0.25, 0.3) is 0 Å². The Kier molecular flexibility index (Phi) is 8.05. The molecule has 0 saturated carbocycles. The SMILES string of the molecule is CCOc1ccc(OCCN2CCC(CCN3CCOCC3)CC2)cc1. The minimum absolute atomic E-state index is 0.697. The third-order valence-electron chi connectivity index (χ3n) is 5.48. The van der Waals surface area contributed by atoms with E-state index in [4.69, 9.17) is 14.2 Å². The van der Waals surface area contributed by atoms with Gasteiger partial charge in [-0.2, -0.15) is 0 Å². The predicted octanol–water partition coefficient (Wildman–Crippen LogP) is 2.90. The first-order valence-corrected chi connectivity index (χ1v) is 10.2. The quantitative estimate of drug-likeness (QED) is 0.675. The molecular weight excluding hydrogens is 328 g/mol. The van der Waals surface area contributed by atoms with Gasteiger partial charge in [-0.05, 0) is 76.0 Å². The lowest BCUT2D eigenvalue weighted by molar-refractivity contribution is 0.0334. The Bertz CT molecular complexity index is 494. The van der Waals surface area contributed by atoms with Crippen molar-refractivity contribution < 1.29 is 14.2 Å². The number of benzene rings is 1.